The van der Waals surface area contributed by atoms with Crippen LogP contribution in [0.5, 0.6) is 0 Å². The van der Waals surface area contributed by atoms with Gasteiger partial charge in [0.15, 0.2) is 0 Å². The first-order valence-electron chi connectivity index (χ1n) is 7.80. The minimum absolute atomic E-state index is 0.704. The van der Waals surface area contributed by atoms with Crippen LogP contribution in [0.25, 0.3) is 0 Å². The van der Waals surface area contributed by atoms with Crippen LogP contribution in [-0.2, 0) is 13.1 Å². The molecule has 3 rings (SSSR count). The third-order valence-corrected chi connectivity index (χ3v) is 3.77. The predicted octanol–water partition coefficient (Wildman–Crippen LogP) is 3.66. The molecule has 0 aliphatic heterocycles. The van der Waals surface area contributed by atoms with Gasteiger partial charge in [-0.15, -0.1) is 0 Å². The Morgan fingerprint density at radius 1 is 1.33 bits per heavy atom. The molecule has 0 amide bonds. The van der Waals surface area contributed by atoms with Crippen molar-refractivity contribution >= 4 is 5.82 Å². The van der Waals surface area contributed by atoms with Crippen LogP contribution in [0.1, 0.15) is 37.5 Å². The number of aromatic nitrogens is 1. The van der Waals surface area contributed by atoms with Crippen molar-refractivity contribution in [3.63, 3.8) is 0 Å². The van der Waals surface area contributed by atoms with Crippen molar-refractivity contribution < 1.29 is 4.42 Å². The van der Waals surface area contributed by atoms with Crippen LogP contribution in [0.2, 0.25) is 0 Å². The van der Waals surface area contributed by atoms with E-state index in [2.05, 4.69) is 40.3 Å². The second kappa shape index (κ2) is 6.76. The Hall–Kier alpha value is -1.81. The molecular weight excluding hydrogens is 262 g/mol. The highest BCUT2D eigenvalue weighted by atomic mass is 16.3. The minimum Gasteiger partial charge on any atom is -0.468 e. The van der Waals surface area contributed by atoms with Gasteiger partial charge in [0.1, 0.15) is 11.6 Å². The van der Waals surface area contributed by atoms with Gasteiger partial charge in [-0.25, -0.2) is 4.98 Å². The molecule has 2 aromatic rings. The zero-order valence-corrected chi connectivity index (χ0v) is 12.6. The van der Waals surface area contributed by atoms with Gasteiger partial charge in [-0.2, -0.15) is 0 Å². The number of furan rings is 1. The number of pyridine rings is 1. The molecule has 0 atom stereocenters. The number of rotatable bonds is 8. The van der Waals surface area contributed by atoms with E-state index in [1.165, 1.54) is 18.4 Å². The topological polar surface area (TPSA) is 41.3 Å². The molecule has 0 spiro atoms. The van der Waals surface area contributed by atoms with Gasteiger partial charge in [-0.3, -0.25) is 4.90 Å². The monoisotopic (exact) mass is 285 g/mol. The number of hydrogen-bond acceptors (Lipinski definition) is 4. The van der Waals surface area contributed by atoms with Crippen LogP contribution < -0.4 is 5.32 Å². The molecule has 0 unspecified atom stereocenters. The summed E-state index contributed by atoms with van der Waals surface area (Å²) in [6, 6.07) is 8.98. The normalized spacial score (nSPS) is 14.6. The van der Waals surface area contributed by atoms with Crippen molar-refractivity contribution in [3.05, 3.63) is 48.0 Å². The molecule has 1 N–H and O–H groups in total. The first kappa shape index (κ1) is 14.1. The van der Waals surface area contributed by atoms with Gasteiger partial charge in [0.2, 0.25) is 0 Å². The lowest BCUT2D eigenvalue weighted by Crippen LogP contribution is -2.24. The molecule has 4 nitrogen and oxygen atoms in total. The Labute approximate surface area is 126 Å². The lowest BCUT2D eigenvalue weighted by atomic mass is 10.2. The summed E-state index contributed by atoms with van der Waals surface area (Å²) in [6.45, 7) is 4.97. The van der Waals surface area contributed by atoms with Crippen LogP contribution in [0, 0.1) is 0 Å². The Bertz CT molecular complexity index is 549. The molecule has 4 heteroatoms. The standard InChI is InChI=1S/C17H23N3O/c1-2-8-18-17-11-14(7-9-19-17)12-20(15-5-6-15)13-16-4-3-10-21-16/h3-4,7,9-11,15H,2,5-6,8,12-13H2,1H3,(H,18,19). The Balaban J connectivity index is 1.65. The van der Waals surface area contributed by atoms with Crippen molar-refractivity contribution in [2.24, 2.45) is 0 Å². The van der Waals surface area contributed by atoms with Crippen LogP contribution in [-0.4, -0.2) is 22.5 Å². The third-order valence-electron chi connectivity index (χ3n) is 3.77. The quantitative estimate of drug-likeness (QED) is 0.803. The summed E-state index contributed by atoms with van der Waals surface area (Å²) in [7, 11) is 0. The van der Waals surface area contributed by atoms with E-state index in [4.69, 9.17) is 4.42 Å². The van der Waals surface area contributed by atoms with E-state index in [9.17, 15) is 0 Å². The summed E-state index contributed by atoms with van der Waals surface area (Å²) in [5, 5.41) is 3.35. The second-order valence-corrected chi connectivity index (χ2v) is 5.69. The molecule has 1 fully saturated rings. The molecule has 21 heavy (non-hydrogen) atoms. The minimum atomic E-state index is 0.704. The Kier molecular flexibility index (Phi) is 4.55. The molecule has 112 valence electrons. The highest BCUT2D eigenvalue weighted by Crippen LogP contribution is 2.30. The van der Waals surface area contributed by atoms with Crippen molar-refractivity contribution in [2.75, 3.05) is 11.9 Å². The number of nitrogens with one attached hydrogen (secondary N) is 1. The smallest absolute Gasteiger partial charge is 0.126 e. The highest BCUT2D eigenvalue weighted by molar-refractivity contribution is 5.37. The molecule has 0 radical (unpaired) electrons. The van der Waals surface area contributed by atoms with Gasteiger partial charge < -0.3 is 9.73 Å². The molecule has 0 aromatic carbocycles. The fraction of sp³-hybridized carbons (Fsp3) is 0.471. The van der Waals surface area contributed by atoms with Crippen LogP contribution >= 0.6 is 0 Å². The maximum absolute atomic E-state index is 5.49. The van der Waals surface area contributed by atoms with Crippen molar-refractivity contribution in [1.29, 1.82) is 0 Å². The third kappa shape index (κ3) is 4.08. The van der Waals surface area contributed by atoms with Gasteiger partial charge in [-0.1, -0.05) is 6.92 Å². The van der Waals surface area contributed by atoms with E-state index in [-0.39, 0.29) is 0 Å². The van der Waals surface area contributed by atoms with E-state index >= 15 is 0 Å². The average molecular weight is 285 g/mol. The zero-order valence-electron chi connectivity index (χ0n) is 12.6. The Morgan fingerprint density at radius 2 is 2.24 bits per heavy atom. The zero-order chi connectivity index (χ0) is 14.5. The lowest BCUT2D eigenvalue weighted by Gasteiger charge is -2.21. The molecule has 1 saturated carbocycles. The van der Waals surface area contributed by atoms with Crippen LogP contribution in [0.15, 0.2) is 41.1 Å². The largest absolute Gasteiger partial charge is 0.468 e. The van der Waals surface area contributed by atoms with E-state index < -0.39 is 0 Å². The fourth-order valence-corrected chi connectivity index (χ4v) is 2.51. The van der Waals surface area contributed by atoms with E-state index in [0.717, 1.165) is 37.6 Å². The van der Waals surface area contributed by atoms with E-state index in [1.807, 2.05) is 12.3 Å². The molecule has 2 aromatic heterocycles. The molecular formula is C17H23N3O. The van der Waals surface area contributed by atoms with Crippen molar-refractivity contribution in [3.8, 4) is 0 Å². The summed E-state index contributed by atoms with van der Waals surface area (Å²) in [5.74, 6) is 2.02. The summed E-state index contributed by atoms with van der Waals surface area (Å²) in [4.78, 5) is 6.87. The van der Waals surface area contributed by atoms with Crippen LogP contribution in [0.4, 0.5) is 5.82 Å². The predicted molar refractivity (Wildman–Crippen MR) is 84.0 cm³/mol. The van der Waals surface area contributed by atoms with E-state index in [0.29, 0.717) is 6.04 Å². The van der Waals surface area contributed by atoms with Crippen molar-refractivity contribution in [2.45, 2.75) is 45.3 Å². The fourth-order valence-electron chi connectivity index (χ4n) is 2.51. The first-order chi connectivity index (χ1) is 10.3. The Morgan fingerprint density at radius 3 is 2.95 bits per heavy atom. The van der Waals surface area contributed by atoms with Gasteiger partial charge in [0, 0.05) is 25.3 Å². The second-order valence-electron chi connectivity index (χ2n) is 5.69. The summed E-state index contributed by atoms with van der Waals surface area (Å²) in [6.07, 6.45) is 7.35. The average Bonchev–Trinajstić information content (AvgIpc) is 3.23. The van der Waals surface area contributed by atoms with Gasteiger partial charge >= 0.3 is 0 Å². The number of hydrogen-bond donors (Lipinski definition) is 1. The summed E-state index contributed by atoms with van der Waals surface area (Å²) in [5.41, 5.74) is 1.31. The summed E-state index contributed by atoms with van der Waals surface area (Å²) >= 11 is 0. The molecule has 0 saturated heterocycles. The van der Waals surface area contributed by atoms with E-state index in [1.54, 1.807) is 6.26 Å². The SMILES string of the molecule is CCCNc1cc(CN(Cc2ccco2)C2CC2)ccn1. The van der Waals surface area contributed by atoms with Gasteiger partial charge in [0.05, 0.1) is 12.8 Å². The number of anilines is 1. The molecule has 1 aliphatic rings. The first-order valence-corrected chi connectivity index (χ1v) is 7.80. The molecule has 2 heterocycles. The van der Waals surface area contributed by atoms with Crippen molar-refractivity contribution in [1.82, 2.24) is 9.88 Å². The molecule has 0 bridgehead atoms. The maximum Gasteiger partial charge on any atom is 0.126 e. The van der Waals surface area contributed by atoms with Gasteiger partial charge in [0.25, 0.3) is 0 Å². The van der Waals surface area contributed by atoms with Gasteiger partial charge in [-0.05, 0) is 49.1 Å². The lowest BCUT2D eigenvalue weighted by molar-refractivity contribution is 0.225. The molecule has 1 aliphatic carbocycles. The maximum atomic E-state index is 5.49. The number of nitrogens with zero attached hydrogens (tertiary/aromatic N) is 2. The summed E-state index contributed by atoms with van der Waals surface area (Å²) < 4.78 is 5.49. The highest BCUT2D eigenvalue weighted by Gasteiger charge is 2.29. The van der Waals surface area contributed by atoms with Crippen LogP contribution in [0.3, 0.4) is 0 Å².